The predicted molar refractivity (Wildman–Crippen MR) is 55.0 cm³/mol. The van der Waals surface area contributed by atoms with Gasteiger partial charge in [0.05, 0.1) is 11.9 Å². The lowest BCUT2D eigenvalue weighted by Crippen LogP contribution is -2.17. The molecule has 0 spiro atoms. The van der Waals surface area contributed by atoms with E-state index >= 15 is 0 Å². The molecule has 2 N–H and O–H groups in total. The second kappa shape index (κ2) is 3.43. The molecule has 0 aliphatic carbocycles. The second-order valence-electron chi connectivity index (χ2n) is 2.93. The van der Waals surface area contributed by atoms with Crippen LogP contribution in [0.5, 0.6) is 0 Å². The maximum atomic E-state index is 11.3. The third-order valence-electron chi connectivity index (χ3n) is 1.60. The second-order valence-corrected chi connectivity index (χ2v) is 5.71. The van der Waals surface area contributed by atoms with E-state index in [1.54, 1.807) is 13.0 Å². The Bertz CT molecular complexity index is 408. The zero-order chi connectivity index (χ0) is 10.2. The molecule has 0 amide bonds. The van der Waals surface area contributed by atoms with Gasteiger partial charge in [0.2, 0.25) is 10.0 Å². The highest BCUT2D eigenvalue weighted by molar-refractivity contribution is 9.10. The summed E-state index contributed by atoms with van der Waals surface area (Å²) < 4.78 is 24.4. The Kier molecular flexibility index (Phi) is 2.84. The molecular weight excluding hydrogens is 256 g/mol. The number of nitrogens with two attached hydrogens (primary N) is 1. The maximum Gasteiger partial charge on any atom is 0.235 e. The summed E-state index contributed by atoms with van der Waals surface area (Å²) in [5, 5.41) is 0. The molecule has 0 fully saturated rings. The fraction of sp³-hybridized carbons (Fsp3) is 0.429. The minimum Gasteiger partial charge on any atom is -0.323 e. The van der Waals surface area contributed by atoms with E-state index < -0.39 is 10.0 Å². The van der Waals surface area contributed by atoms with E-state index in [1.807, 2.05) is 0 Å². The van der Waals surface area contributed by atoms with E-state index in [2.05, 4.69) is 15.9 Å². The van der Waals surface area contributed by atoms with Crippen LogP contribution in [0.1, 0.15) is 18.7 Å². The molecule has 1 rings (SSSR count). The van der Waals surface area contributed by atoms with Crippen molar-refractivity contribution in [3.05, 3.63) is 22.4 Å². The Labute approximate surface area is 85.9 Å². The van der Waals surface area contributed by atoms with Crippen LogP contribution in [0.15, 0.2) is 16.7 Å². The Balaban J connectivity index is 3.37. The van der Waals surface area contributed by atoms with E-state index in [0.717, 1.165) is 6.26 Å². The highest BCUT2D eigenvalue weighted by Gasteiger charge is 2.14. The van der Waals surface area contributed by atoms with Crippen molar-refractivity contribution in [3.63, 3.8) is 0 Å². The first kappa shape index (κ1) is 10.7. The molecule has 1 atom stereocenters. The van der Waals surface area contributed by atoms with Crippen molar-refractivity contribution in [3.8, 4) is 0 Å². The molecule has 6 heteroatoms. The summed E-state index contributed by atoms with van der Waals surface area (Å²) >= 11 is 3.20. The molecule has 0 aromatic carbocycles. The molecule has 1 unspecified atom stereocenters. The summed E-state index contributed by atoms with van der Waals surface area (Å²) in [4.78, 5) is 0. The van der Waals surface area contributed by atoms with E-state index in [4.69, 9.17) is 5.73 Å². The fourth-order valence-electron chi connectivity index (χ4n) is 1.05. The number of aromatic nitrogens is 1. The van der Waals surface area contributed by atoms with Gasteiger partial charge in [0.1, 0.15) is 0 Å². The van der Waals surface area contributed by atoms with Crippen molar-refractivity contribution in [2.24, 2.45) is 5.73 Å². The largest absolute Gasteiger partial charge is 0.323 e. The Morgan fingerprint density at radius 3 is 2.46 bits per heavy atom. The van der Waals surface area contributed by atoms with Crippen LogP contribution in [0.25, 0.3) is 0 Å². The van der Waals surface area contributed by atoms with Crippen LogP contribution in [-0.2, 0) is 10.0 Å². The first-order chi connectivity index (χ1) is 5.82. The number of rotatable bonds is 2. The molecule has 0 aliphatic rings. The van der Waals surface area contributed by atoms with Gasteiger partial charge >= 0.3 is 0 Å². The van der Waals surface area contributed by atoms with Gasteiger partial charge in [0, 0.05) is 16.7 Å². The Morgan fingerprint density at radius 1 is 1.62 bits per heavy atom. The Hall–Kier alpha value is -0.330. The lowest BCUT2D eigenvalue weighted by molar-refractivity contribution is 0.588. The third-order valence-corrected chi connectivity index (χ3v) is 3.07. The van der Waals surface area contributed by atoms with Crippen molar-refractivity contribution in [1.29, 1.82) is 0 Å². The molecule has 0 aliphatic heterocycles. The summed E-state index contributed by atoms with van der Waals surface area (Å²) in [5.74, 6) is 0. The summed E-state index contributed by atoms with van der Waals surface area (Å²) in [5.41, 5.74) is 6.20. The van der Waals surface area contributed by atoms with Crippen molar-refractivity contribution in [2.45, 2.75) is 13.0 Å². The maximum absolute atomic E-state index is 11.3. The van der Waals surface area contributed by atoms with Crippen LogP contribution in [0, 0.1) is 0 Å². The van der Waals surface area contributed by atoms with E-state index in [0.29, 0.717) is 10.2 Å². The average Bonchev–Trinajstić information content (AvgIpc) is 2.29. The molecule has 0 saturated heterocycles. The van der Waals surface area contributed by atoms with E-state index in [9.17, 15) is 8.42 Å². The van der Waals surface area contributed by atoms with Crippen LogP contribution >= 0.6 is 15.9 Å². The van der Waals surface area contributed by atoms with Crippen molar-refractivity contribution >= 4 is 26.0 Å². The molecule has 0 radical (unpaired) electrons. The number of halogens is 1. The summed E-state index contributed by atoms with van der Waals surface area (Å²) in [6.45, 7) is 1.74. The zero-order valence-electron chi connectivity index (χ0n) is 7.36. The van der Waals surface area contributed by atoms with Gasteiger partial charge in [0.15, 0.2) is 0 Å². The number of hydrogen-bond acceptors (Lipinski definition) is 3. The average molecular weight is 267 g/mol. The van der Waals surface area contributed by atoms with Crippen LogP contribution in [-0.4, -0.2) is 18.6 Å². The lowest BCUT2D eigenvalue weighted by Gasteiger charge is -2.08. The highest BCUT2D eigenvalue weighted by Crippen LogP contribution is 2.20. The summed E-state index contributed by atoms with van der Waals surface area (Å²) in [7, 11) is -3.25. The quantitative estimate of drug-likeness (QED) is 0.871. The number of hydrogen-bond donors (Lipinski definition) is 1. The molecule has 74 valence electrons. The number of nitrogens with zero attached hydrogens (tertiary/aromatic N) is 1. The standard InChI is InChI=1S/C7H11BrN2O2S/c1-5(9)7-3-6(8)4-10(7)13(2,11)12/h3-5H,9H2,1-2H3. The first-order valence-electron chi connectivity index (χ1n) is 3.66. The molecule has 1 aromatic rings. The molecule has 4 nitrogen and oxygen atoms in total. The molecule has 0 bridgehead atoms. The predicted octanol–water partition coefficient (Wildman–Crippen LogP) is 1.08. The van der Waals surface area contributed by atoms with Gasteiger partial charge < -0.3 is 5.73 Å². The molecule has 1 aromatic heterocycles. The normalized spacial score (nSPS) is 14.5. The smallest absolute Gasteiger partial charge is 0.235 e. The third kappa shape index (κ3) is 2.32. The van der Waals surface area contributed by atoms with Crippen LogP contribution in [0.3, 0.4) is 0 Å². The van der Waals surface area contributed by atoms with Gasteiger partial charge in [-0.15, -0.1) is 0 Å². The molecule has 13 heavy (non-hydrogen) atoms. The van der Waals surface area contributed by atoms with Crippen LogP contribution in [0.2, 0.25) is 0 Å². The first-order valence-corrected chi connectivity index (χ1v) is 6.30. The van der Waals surface area contributed by atoms with Gasteiger partial charge in [-0.25, -0.2) is 12.4 Å². The molecule has 1 heterocycles. The molecule has 0 saturated carbocycles. The van der Waals surface area contributed by atoms with Gasteiger partial charge in [-0.1, -0.05) is 0 Å². The summed E-state index contributed by atoms with van der Waals surface area (Å²) in [6, 6.07) is 1.40. The van der Waals surface area contributed by atoms with E-state index in [-0.39, 0.29) is 6.04 Å². The van der Waals surface area contributed by atoms with Gasteiger partial charge in [0.25, 0.3) is 0 Å². The van der Waals surface area contributed by atoms with Crippen molar-refractivity contribution in [2.75, 3.05) is 6.26 Å². The van der Waals surface area contributed by atoms with Gasteiger partial charge in [-0.2, -0.15) is 0 Å². The van der Waals surface area contributed by atoms with Gasteiger partial charge in [-0.3, -0.25) is 0 Å². The molecular formula is C7H11BrN2O2S. The summed E-state index contributed by atoms with van der Waals surface area (Å²) in [6.07, 6.45) is 2.64. The minimum atomic E-state index is -3.25. The zero-order valence-corrected chi connectivity index (χ0v) is 9.76. The van der Waals surface area contributed by atoms with Crippen LogP contribution < -0.4 is 5.73 Å². The minimum absolute atomic E-state index is 0.305. The monoisotopic (exact) mass is 266 g/mol. The Morgan fingerprint density at radius 2 is 2.15 bits per heavy atom. The highest BCUT2D eigenvalue weighted by atomic mass is 79.9. The van der Waals surface area contributed by atoms with Crippen molar-refractivity contribution in [1.82, 2.24) is 3.97 Å². The van der Waals surface area contributed by atoms with E-state index in [1.165, 1.54) is 10.2 Å². The fourth-order valence-corrected chi connectivity index (χ4v) is 2.53. The topological polar surface area (TPSA) is 65.1 Å². The van der Waals surface area contributed by atoms with Gasteiger partial charge in [-0.05, 0) is 28.9 Å². The SMILES string of the molecule is CC(N)c1cc(Br)cn1S(C)(=O)=O. The lowest BCUT2D eigenvalue weighted by atomic mass is 10.3. The van der Waals surface area contributed by atoms with Crippen molar-refractivity contribution < 1.29 is 8.42 Å². The van der Waals surface area contributed by atoms with Crippen LogP contribution in [0.4, 0.5) is 0 Å².